The number of tetrazole rings is 1. The molecule has 124 valence electrons. The molecule has 2 rings (SSSR count). The quantitative estimate of drug-likeness (QED) is 0.761. The van der Waals surface area contributed by atoms with E-state index in [0.717, 1.165) is 0 Å². The Kier molecular flexibility index (Phi) is 5.64. The number of halogens is 1. The van der Waals surface area contributed by atoms with Crippen LogP contribution in [-0.4, -0.2) is 41.5 Å². The third-order valence-electron chi connectivity index (χ3n) is 2.83. The molecule has 1 aromatic heterocycles. The van der Waals surface area contributed by atoms with Gasteiger partial charge in [-0.25, -0.2) is 4.68 Å². The fraction of sp³-hybridized carbons (Fsp3) is 0.333. The standard InChI is InChI=1S/C12H14ClN5O4S/c1-3-22-10-7(6-23(20)21)4-5-8(9(10)13)11(19)14-12-15-16-17-18(12)2/h4-5H,3,6H2,1-2H3,(H,20,21)(H,14,15,17,19)/p-1. The van der Waals surface area contributed by atoms with Crippen LogP contribution in [0.2, 0.25) is 5.02 Å². The van der Waals surface area contributed by atoms with Crippen LogP contribution in [0.3, 0.4) is 0 Å². The molecule has 11 heteroatoms. The summed E-state index contributed by atoms with van der Waals surface area (Å²) in [6, 6.07) is 2.91. The zero-order chi connectivity index (χ0) is 17.0. The maximum Gasteiger partial charge on any atom is 0.259 e. The topological polar surface area (TPSA) is 122 Å². The van der Waals surface area contributed by atoms with Gasteiger partial charge in [-0.05, 0) is 23.4 Å². The minimum atomic E-state index is -2.30. The molecule has 0 saturated heterocycles. The van der Waals surface area contributed by atoms with E-state index in [4.69, 9.17) is 16.3 Å². The second-order valence-corrected chi connectivity index (χ2v) is 5.65. The number of carbonyl (C=O) groups is 1. The van der Waals surface area contributed by atoms with Crippen LogP contribution in [0.4, 0.5) is 5.95 Å². The molecule has 0 aliphatic carbocycles. The van der Waals surface area contributed by atoms with Crippen LogP contribution in [0.25, 0.3) is 0 Å². The summed E-state index contributed by atoms with van der Waals surface area (Å²) < 4.78 is 28.5. The predicted octanol–water partition coefficient (Wildman–Crippen LogP) is 0.894. The smallest absolute Gasteiger partial charge is 0.259 e. The second-order valence-electron chi connectivity index (χ2n) is 4.38. The molecule has 0 saturated carbocycles. The highest BCUT2D eigenvalue weighted by atomic mass is 35.5. The van der Waals surface area contributed by atoms with E-state index in [-0.39, 0.29) is 34.6 Å². The SMILES string of the molecule is CCOc1c(CS(=O)[O-])ccc(C(=O)Nc2nnnn2C)c1Cl. The Morgan fingerprint density at radius 3 is 2.83 bits per heavy atom. The van der Waals surface area contributed by atoms with Crippen LogP contribution in [0.1, 0.15) is 22.8 Å². The van der Waals surface area contributed by atoms with Crippen molar-refractivity contribution >= 4 is 34.5 Å². The molecule has 1 aromatic carbocycles. The van der Waals surface area contributed by atoms with E-state index in [1.807, 2.05) is 0 Å². The van der Waals surface area contributed by atoms with Gasteiger partial charge in [0.2, 0.25) is 5.95 Å². The van der Waals surface area contributed by atoms with Crippen LogP contribution < -0.4 is 10.1 Å². The molecule has 1 unspecified atom stereocenters. The van der Waals surface area contributed by atoms with E-state index in [1.54, 1.807) is 14.0 Å². The summed E-state index contributed by atoms with van der Waals surface area (Å²) >= 11 is 3.90. The number of ether oxygens (including phenoxy) is 1. The summed E-state index contributed by atoms with van der Waals surface area (Å²) in [5, 5.41) is 13.2. The number of benzene rings is 1. The molecule has 1 amide bonds. The van der Waals surface area contributed by atoms with E-state index in [2.05, 4.69) is 20.8 Å². The summed E-state index contributed by atoms with van der Waals surface area (Å²) in [6.45, 7) is 2.00. The lowest BCUT2D eigenvalue weighted by Crippen LogP contribution is -2.16. The first-order valence-corrected chi connectivity index (χ1v) is 8.10. The van der Waals surface area contributed by atoms with Crippen LogP contribution >= 0.6 is 11.6 Å². The Labute approximate surface area is 139 Å². The third-order valence-corrected chi connectivity index (χ3v) is 3.75. The number of nitrogens with zero attached hydrogens (tertiary/aromatic N) is 4. The first-order chi connectivity index (χ1) is 10.9. The van der Waals surface area contributed by atoms with Crippen molar-refractivity contribution in [2.24, 2.45) is 7.05 Å². The lowest BCUT2D eigenvalue weighted by atomic mass is 10.1. The fourth-order valence-corrected chi connectivity index (χ4v) is 2.62. The molecular weight excluding hydrogens is 346 g/mol. The number of amides is 1. The van der Waals surface area contributed by atoms with E-state index >= 15 is 0 Å². The Balaban J connectivity index is 2.35. The van der Waals surface area contributed by atoms with Gasteiger partial charge in [0.25, 0.3) is 5.91 Å². The van der Waals surface area contributed by atoms with Gasteiger partial charge in [0.1, 0.15) is 5.75 Å². The van der Waals surface area contributed by atoms with Crippen molar-refractivity contribution in [1.82, 2.24) is 20.2 Å². The number of hydrogen-bond donors (Lipinski definition) is 1. The van der Waals surface area contributed by atoms with E-state index in [1.165, 1.54) is 16.8 Å². The Morgan fingerprint density at radius 2 is 2.26 bits per heavy atom. The predicted molar refractivity (Wildman–Crippen MR) is 82.0 cm³/mol. The summed E-state index contributed by atoms with van der Waals surface area (Å²) in [4.78, 5) is 12.3. The minimum absolute atomic E-state index is 0.0300. The van der Waals surface area contributed by atoms with Crippen molar-refractivity contribution in [2.75, 3.05) is 11.9 Å². The minimum Gasteiger partial charge on any atom is -0.772 e. The van der Waals surface area contributed by atoms with Crippen molar-refractivity contribution < 1.29 is 18.3 Å². The maximum atomic E-state index is 12.3. The Morgan fingerprint density at radius 1 is 1.52 bits per heavy atom. The molecule has 0 spiro atoms. The number of aromatic nitrogens is 4. The zero-order valence-electron chi connectivity index (χ0n) is 12.3. The highest BCUT2D eigenvalue weighted by Gasteiger charge is 2.19. The molecule has 0 aliphatic heterocycles. The summed E-state index contributed by atoms with van der Waals surface area (Å²) in [7, 11) is 1.56. The van der Waals surface area contributed by atoms with Gasteiger partial charge in [0, 0.05) is 18.4 Å². The first-order valence-electron chi connectivity index (χ1n) is 6.47. The number of hydrogen-bond acceptors (Lipinski definition) is 7. The highest BCUT2D eigenvalue weighted by molar-refractivity contribution is 7.78. The lowest BCUT2D eigenvalue weighted by Gasteiger charge is -2.15. The van der Waals surface area contributed by atoms with Crippen LogP contribution in [0.5, 0.6) is 5.75 Å². The third kappa shape index (κ3) is 4.03. The number of nitrogens with one attached hydrogen (secondary N) is 1. The highest BCUT2D eigenvalue weighted by Crippen LogP contribution is 2.33. The normalized spacial score (nSPS) is 12.0. The molecule has 23 heavy (non-hydrogen) atoms. The van der Waals surface area contributed by atoms with Gasteiger partial charge in [-0.15, -0.1) is 0 Å². The molecule has 2 aromatic rings. The summed E-state index contributed by atoms with van der Waals surface area (Å²) in [5.74, 6) is -0.482. The Hall–Kier alpha value is -2.04. The van der Waals surface area contributed by atoms with Crippen LogP contribution in [-0.2, 0) is 23.9 Å². The molecule has 9 nitrogen and oxygen atoms in total. The van der Waals surface area contributed by atoms with Gasteiger partial charge in [-0.3, -0.25) is 14.3 Å². The molecule has 0 aliphatic rings. The maximum absolute atomic E-state index is 12.3. The number of aryl methyl sites for hydroxylation is 1. The van der Waals surface area contributed by atoms with Crippen molar-refractivity contribution in [3.63, 3.8) is 0 Å². The number of carbonyl (C=O) groups excluding carboxylic acids is 1. The zero-order valence-corrected chi connectivity index (χ0v) is 13.8. The molecule has 0 fully saturated rings. The lowest BCUT2D eigenvalue weighted by molar-refractivity contribution is 0.102. The summed E-state index contributed by atoms with van der Waals surface area (Å²) in [6.07, 6.45) is 0. The van der Waals surface area contributed by atoms with Gasteiger partial charge in [-0.2, -0.15) is 0 Å². The van der Waals surface area contributed by atoms with Gasteiger partial charge in [-0.1, -0.05) is 33.8 Å². The first kappa shape index (κ1) is 17.3. The molecular formula is C12H13ClN5O4S-. The number of anilines is 1. The number of rotatable bonds is 6. The molecule has 1 heterocycles. The molecule has 1 atom stereocenters. The van der Waals surface area contributed by atoms with Crippen molar-refractivity contribution in [3.05, 3.63) is 28.3 Å². The van der Waals surface area contributed by atoms with Gasteiger partial charge >= 0.3 is 0 Å². The Bertz CT molecular complexity index is 751. The fourth-order valence-electron chi connectivity index (χ4n) is 1.82. The average molecular weight is 359 g/mol. The van der Waals surface area contributed by atoms with Crippen molar-refractivity contribution in [1.29, 1.82) is 0 Å². The van der Waals surface area contributed by atoms with E-state index < -0.39 is 17.0 Å². The van der Waals surface area contributed by atoms with Crippen LogP contribution in [0.15, 0.2) is 12.1 Å². The molecule has 0 bridgehead atoms. The largest absolute Gasteiger partial charge is 0.772 e. The second kappa shape index (κ2) is 7.49. The average Bonchev–Trinajstić information content (AvgIpc) is 2.87. The molecule has 0 radical (unpaired) electrons. The van der Waals surface area contributed by atoms with Crippen molar-refractivity contribution in [3.8, 4) is 5.75 Å². The van der Waals surface area contributed by atoms with Crippen molar-refractivity contribution in [2.45, 2.75) is 12.7 Å². The van der Waals surface area contributed by atoms with E-state index in [0.29, 0.717) is 5.56 Å². The van der Waals surface area contributed by atoms with Gasteiger partial charge in [0.05, 0.1) is 17.2 Å². The summed E-state index contributed by atoms with van der Waals surface area (Å²) in [5.41, 5.74) is 0.501. The van der Waals surface area contributed by atoms with Gasteiger partial charge in [0.15, 0.2) is 0 Å². The molecule has 1 N–H and O–H groups in total. The van der Waals surface area contributed by atoms with Crippen LogP contribution in [0, 0.1) is 0 Å². The monoisotopic (exact) mass is 358 g/mol. The van der Waals surface area contributed by atoms with Gasteiger partial charge < -0.3 is 9.29 Å². The van der Waals surface area contributed by atoms with E-state index in [9.17, 15) is 13.6 Å².